The molecule has 0 bridgehead atoms. The molecule has 4 rings (SSSR count). The number of hydrogen-bond acceptors (Lipinski definition) is 5. The number of rotatable bonds is 8. The minimum absolute atomic E-state index is 0.176. The Morgan fingerprint density at radius 2 is 2.00 bits per heavy atom. The van der Waals surface area contributed by atoms with Crippen LogP contribution in [0.1, 0.15) is 23.0 Å². The molecule has 0 aliphatic heterocycles. The van der Waals surface area contributed by atoms with E-state index >= 15 is 0 Å². The Morgan fingerprint density at radius 3 is 2.81 bits per heavy atom. The van der Waals surface area contributed by atoms with Gasteiger partial charge in [-0.25, -0.2) is 5.43 Å². The number of nitrogens with one attached hydrogen (secondary N) is 1. The number of halogens is 1. The summed E-state index contributed by atoms with van der Waals surface area (Å²) in [4.78, 5) is 12.6. The lowest BCUT2D eigenvalue weighted by Crippen LogP contribution is -2.16. The maximum absolute atomic E-state index is 12.6. The predicted molar refractivity (Wildman–Crippen MR) is 127 cm³/mol. The van der Waals surface area contributed by atoms with E-state index in [2.05, 4.69) is 17.1 Å². The lowest BCUT2D eigenvalue weighted by atomic mass is 10.1. The zero-order valence-corrected chi connectivity index (χ0v) is 18.2. The number of furan rings is 1. The molecule has 1 N–H and O–H groups in total. The molecule has 0 aliphatic rings. The molecule has 0 aliphatic carbocycles. The first-order chi connectivity index (χ1) is 15.6. The monoisotopic (exact) mass is 448 g/mol. The summed E-state index contributed by atoms with van der Waals surface area (Å²) >= 11 is 6.33. The average molecular weight is 449 g/mol. The summed E-state index contributed by atoms with van der Waals surface area (Å²) in [7, 11) is 0. The van der Waals surface area contributed by atoms with Crippen LogP contribution in [0.25, 0.3) is 21.7 Å². The smallest absolute Gasteiger partial charge is 0.307 e. The summed E-state index contributed by atoms with van der Waals surface area (Å²) in [6.07, 6.45) is 3.10. The van der Waals surface area contributed by atoms with Crippen molar-refractivity contribution in [3.05, 3.63) is 83.6 Å². The minimum atomic E-state index is -0.455. The fourth-order valence-electron chi connectivity index (χ4n) is 3.33. The zero-order chi connectivity index (χ0) is 22.5. The maximum atomic E-state index is 12.6. The van der Waals surface area contributed by atoms with E-state index in [0.717, 1.165) is 16.2 Å². The van der Waals surface area contributed by atoms with Gasteiger partial charge in [0, 0.05) is 5.39 Å². The molecule has 1 amide bonds. The topological polar surface area (TPSA) is 73.1 Å². The number of carbonyl (C=O) groups excluding carboxylic acids is 1. The first-order valence-corrected chi connectivity index (χ1v) is 10.4. The number of amides is 1. The van der Waals surface area contributed by atoms with Gasteiger partial charge < -0.3 is 13.9 Å². The van der Waals surface area contributed by atoms with E-state index < -0.39 is 5.91 Å². The van der Waals surface area contributed by atoms with E-state index in [1.807, 2.05) is 43.3 Å². The third-order valence-electron chi connectivity index (χ3n) is 4.71. The number of nitrogens with zero attached hydrogens (tertiary/aromatic N) is 1. The fourth-order valence-corrected chi connectivity index (χ4v) is 3.61. The molecule has 0 saturated carbocycles. The van der Waals surface area contributed by atoms with Crippen LogP contribution in [-0.2, 0) is 0 Å². The summed E-state index contributed by atoms with van der Waals surface area (Å²) in [5, 5.41) is 7.37. The van der Waals surface area contributed by atoms with Gasteiger partial charge in [0.2, 0.25) is 0 Å². The molecule has 7 heteroatoms. The molecule has 0 spiro atoms. The van der Waals surface area contributed by atoms with Gasteiger partial charge in [-0.15, -0.1) is 0 Å². The molecule has 0 saturated heterocycles. The third kappa shape index (κ3) is 4.45. The highest BCUT2D eigenvalue weighted by molar-refractivity contribution is 6.32. The Labute approximate surface area is 190 Å². The second kappa shape index (κ2) is 9.58. The highest BCUT2D eigenvalue weighted by Crippen LogP contribution is 2.36. The number of hydrogen-bond donors (Lipinski definition) is 1. The first kappa shape index (κ1) is 21.5. The molecule has 0 radical (unpaired) electrons. The number of benzene rings is 3. The van der Waals surface area contributed by atoms with E-state index in [0.29, 0.717) is 40.9 Å². The minimum Gasteiger partial charge on any atom is -0.490 e. The van der Waals surface area contributed by atoms with Crippen molar-refractivity contribution in [2.75, 3.05) is 13.2 Å². The fraction of sp³-hybridized carbons (Fsp3) is 0.120. The normalized spacial score (nSPS) is 11.2. The molecule has 1 aromatic heterocycles. The van der Waals surface area contributed by atoms with Crippen LogP contribution >= 0.6 is 11.6 Å². The van der Waals surface area contributed by atoms with E-state index in [1.54, 1.807) is 24.3 Å². The molecular weight excluding hydrogens is 428 g/mol. The van der Waals surface area contributed by atoms with Crippen LogP contribution in [0.2, 0.25) is 5.02 Å². The van der Waals surface area contributed by atoms with Crippen molar-refractivity contribution >= 4 is 45.5 Å². The third-order valence-corrected chi connectivity index (χ3v) is 4.99. The van der Waals surface area contributed by atoms with Crippen LogP contribution < -0.4 is 14.9 Å². The van der Waals surface area contributed by atoms with Gasteiger partial charge in [-0.1, -0.05) is 54.6 Å². The SMILES string of the molecule is C=CCOc1c(Cl)cc(/C=N\NC(=O)c2cc3c(ccc4ccccc43)o2)cc1OCC. The highest BCUT2D eigenvalue weighted by Gasteiger charge is 2.14. The van der Waals surface area contributed by atoms with Gasteiger partial charge in [-0.05, 0) is 47.5 Å². The van der Waals surface area contributed by atoms with Crippen molar-refractivity contribution in [1.82, 2.24) is 5.43 Å². The molecule has 6 nitrogen and oxygen atoms in total. The van der Waals surface area contributed by atoms with Crippen LogP contribution in [0.4, 0.5) is 0 Å². The average Bonchev–Trinajstić information content (AvgIpc) is 3.24. The van der Waals surface area contributed by atoms with Crippen LogP contribution in [-0.4, -0.2) is 25.3 Å². The maximum Gasteiger partial charge on any atom is 0.307 e. The number of carbonyl (C=O) groups is 1. The van der Waals surface area contributed by atoms with Crippen molar-refractivity contribution in [2.45, 2.75) is 6.92 Å². The standard InChI is InChI=1S/C25H21ClN2O4/c1-3-11-31-24-20(26)12-16(13-22(24)30-4-2)15-27-28-25(29)23-14-19-18-8-6-5-7-17(18)9-10-21(19)32-23/h3,5-10,12-15H,1,4,11H2,2H3,(H,28,29)/b27-15-. The van der Waals surface area contributed by atoms with Gasteiger partial charge >= 0.3 is 5.91 Å². The summed E-state index contributed by atoms with van der Waals surface area (Å²) < 4.78 is 16.9. The van der Waals surface area contributed by atoms with E-state index in [-0.39, 0.29) is 5.76 Å². The predicted octanol–water partition coefficient (Wildman–Crippen LogP) is 5.97. The van der Waals surface area contributed by atoms with Gasteiger partial charge in [0.25, 0.3) is 0 Å². The van der Waals surface area contributed by atoms with E-state index in [4.69, 9.17) is 25.5 Å². The summed E-state index contributed by atoms with van der Waals surface area (Å²) in [5.74, 6) is 0.640. The van der Waals surface area contributed by atoms with Crippen LogP contribution in [0.5, 0.6) is 11.5 Å². The van der Waals surface area contributed by atoms with E-state index in [9.17, 15) is 4.79 Å². The number of fused-ring (bicyclic) bond motifs is 3. The summed E-state index contributed by atoms with van der Waals surface area (Å²) in [5.41, 5.74) is 3.76. The lowest BCUT2D eigenvalue weighted by Gasteiger charge is -2.13. The molecule has 0 unspecified atom stereocenters. The highest BCUT2D eigenvalue weighted by atomic mass is 35.5. The van der Waals surface area contributed by atoms with Crippen molar-refractivity contribution in [1.29, 1.82) is 0 Å². The Bertz CT molecular complexity index is 1330. The summed E-state index contributed by atoms with van der Waals surface area (Å²) in [6, 6.07) is 16.9. The zero-order valence-electron chi connectivity index (χ0n) is 17.4. The molecule has 0 atom stereocenters. The largest absolute Gasteiger partial charge is 0.490 e. The molecule has 3 aromatic carbocycles. The molecule has 32 heavy (non-hydrogen) atoms. The lowest BCUT2D eigenvalue weighted by molar-refractivity contribution is 0.0929. The Hall–Kier alpha value is -3.77. The molecule has 0 fully saturated rings. The number of hydrazone groups is 1. The molecule has 1 heterocycles. The Kier molecular flexibility index (Phi) is 6.42. The second-order valence-electron chi connectivity index (χ2n) is 6.87. The van der Waals surface area contributed by atoms with Gasteiger partial charge in [0.15, 0.2) is 17.3 Å². The molecule has 162 valence electrons. The van der Waals surface area contributed by atoms with Gasteiger partial charge in [-0.2, -0.15) is 5.10 Å². The second-order valence-corrected chi connectivity index (χ2v) is 7.28. The van der Waals surface area contributed by atoms with Gasteiger partial charge in [0.05, 0.1) is 17.8 Å². The molecular formula is C25H21ClN2O4. The quantitative estimate of drug-likeness (QED) is 0.205. The number of ether oxygens (including phenoxy) is 2. The van der Waals surface area contributed by atoms with E-state index in [1.165, 1.54) is 6.21 Å². The molecule has 4 aromatic rings. The van der Waals surface area contributed by atoms with Gasteiger partial charge in [-0.3, -0.25) is 4.79 Å². The van der Waals surface area contributed by atoms with Crippen LogP contribution in [0, 0.1) is 0 Å². The van der Waals surface area contributed by atoms with Gasteiger partial charge in [0.1, 0.15) is 12.2 Å². The van der Waals surface area contributed by atoms with Crippen molar-refractivity contribution < 1.29 is 18.7 Å². The van der Waals surface area contributed by atoms with Crippen LogP contribution in [0.15, 0.2) is 76.8 Å². The summed E-state index contributed by atoms with van der Waals surface area (Å²) in [6.45, 7) is 6.24. The van der Waals surface area contributed by atoms with Crippen molar-refractivity contribution in [3.63, 3.8) is 0 Å². The van der Waals surface area contributed by atoms with Crippen molar-refractivity contribution in [3.8, 4) is 11.5 Å². The first-order valence-electron chi connectivity index (χ1n) is 10.1. The Morgan fingerprint density at radius 1 is 1.16 bits per heavy atom. The van der Waals surface area contributed by atoms with Crippen molar-refractivity contribution in [2.24, 2.45) is 5.10 Å². The van der Waals surface area contributed by atoms with Crippen LogP contribution in [0.3, 0.4) is 0 Å². The Balaban J connectivity index is 1.53.